The summed E-state index contributed by atoms with van der Waals surface area (Å²) in [6, 6.07) is 13.9. The quantitative estimate of drug-likeness (QED) is 0.608. The van der Waals surface area contributed by atoms with Crippen molar-refractivity contribution in [1.29, 1.82) is 0 Å². The Morgan fingerprint density at radius 2 is 2.04 bits per heavy atom. The Morgan fingerprint density at radius 1 is 1.15 bits per heavy atom. The molecular formula is C19H19N7S. The molecule has 0 saturated carbocycles. The van der Waals surface area contributed by atoms with Gasteiger partial charge in [-0.25, -0.2) is 9.97 Å². The molecule has 0 bridgehead atoms. The molecule has 136 valence electrons. The molecule has 1 aliphatic rings. The SMILES string of the molecule is N/C(=C1\NC(c2ccccc2)=CS1)c1ccnc(NCCn2cccn2)n1. The first-order valence-electron chi connectivity index (χ1n) is 8.53. The molecule has 8 heteroatoms. The van der Waals surface area contributed by atoms with Gasteiger partial charge in [-0.1, -0.05) is 42.1 Å². The second-order valence-corrected chi connectivity index (χ2v) is 6.72. The maximum Gasteiger partial charge on any atom is 0.223 e. The van der Waals surface area contributed by atoms with Gasteiger partial charge < -0.3 is 16.4 Å². The second-order valence-electron chi connectivity index (χ2n) is 5.84. The summed E-state index contributed by atoms with van der Waals surface area (Å²) in [6.07, 6.45) is 5.38. The molecule has 2 aromatic heterocycles. The largest absolute Gasteiger partial charge is 0.395 e. The van der Waals surface area contributed by atoms with Crippen molar-refractivity contribution in [2.24, 2.45) is 5.73 Å². The standard InChI is InChI=1S/C19H19N7S/c20-17(18-24-16(13-27-18)14-5-2-1-3-6-14)15-7-9-21-19(25-15)22-10-12-26-11-4-8-23-26/h1-9,11,13,24H,10,12,20H2,(H,21,22,25)/b18-17+. The fraction of sp³-hybridized carbons (Fsp3) is 0.105. The van der Waals surface area contributed by atoms with Crippen molar-refractivity contribution >= 4 is 29.1 Å². The number of nitrogens with two attached hydrogens (primary N) is 1. The van der Waals surface area contributed by atoms with E-state index < -0.39 is 0 Å². The van der Waals surface area contributed by atoms with Crippen LogP contribution in [0.25, 0.3) is 11.4 Å². The van der Waals surface area contributed by atoms with E-state index in [9.17, 15) is 0 Å². The predicted molar refractivity (Wildman–Crippen MR) is 109 cm³/mol. The summed E-state index contributed by atoms with van der Waals surface area (Å²) in [7, 11) is 0. The van der Waals surface area contributed by atoms with Crippen molar-refractivity contribution in [3.63, 3.8) is 0 Å². The minimum atomic E-state index is 0.544. The highest BCUT2D eigenvalue weighted by molar-refractivity contribution is 8.06. The average molecular weight is 377 g/mol. The Hall–Kier alpha value is -3.26. The minimum Gasteiger partial charge on any atom is -0.395 e. The van der Waals surface area contributed by atoms with Gasteiger partial charge in [-0.15, -0.1) is 0 Å². The van der Waals surface area contributed by atoms with Crippen LogP contribution in [0.3, 0.4) is 0 Å². The van der Waals surface area contributed by atoms with E-state index in [1.807, 2.05) is 41.2 Å². The van der Waals surface area contributed by atoms with Gasteiger partial charge in [-0.2, -0.15) is 5.10 Å². The van der Waals surface area contributed by atoms with E-state index in [4.69, 9.17) is 5.73 Å². The van der Waals surface area contributed by atoms with Crippen LogP contribution in [0.1, 0.15) is 11.3 Å². The van der Waals surface area contributed by atoms with Gasteiger partial charge in [0.1, 0.15) is 5.03 Å². The summed E-state index contributed by atoms with van der Waals surface area (Å²) >= 11 is 1.56. The van der Waals surface area contributed by atoms with Gasteiger partial charge >= 0.3 is 0 Å². The number of rotatable bonds is 6. The van der Waals surface area contributed by atoms with Crippen molar-refractivity contribution in [2.45, 2.75) is 6.54 Å². The van der Waals surface area contributed by atoms with Crippen molar-refractivity contribution in [1.82, 2.24) is 25.1 Å². The molecule has 3 aromatic rings. The fourth-order valence-corrected chi connectivity index (χ4v) is 3.44. The zero-order valence-corrected chi connectivity index (χ0v) is 15.4. The molecule has 27 heavy (non-hydrogen) atoms. The summed E-state index contributed by atoms with van der Waals surface area (Å²) in [5, 5.41) is 13.7. The highest BCUT2D eigenvalue weighted by Gasteiger charge is 2.16. The third-order valence-corrected chi connectivity index (χ3v) is 4.90. The van der Waals surface area contributed by atoms with E-state index >= 15 is 0 Å². The van der Waals surface area contributed by atoms with Crippen LogP contribution >= 0.6 is 11.8 Å². The van der Waals surface area contributed by atoms with E-state index in [0.717, 1.165) is 22.8 Å². The minimum absolute atomic E-state index is 0.544. The molecule has 3 heterocycles. The maximum atomic E-state index is 6.35. The topological polar surface area (TPSA) is 93.7 Å². The third-order valence-electron chi connectivity index (χ3n) is 3.99. The smallest absolute Gasteiger partial charge is 0.223 e. The third kappa shape index (κ3) is 4.12. The van der Waals surface area contributed by atoms with Crippen molar-refractivity contribution in [3.05, 3.63) is 82.7 Å². The average Bonchev–Trinajstić information content (AvgIpc) is 3.41. The number of nitrogens with zero attached hydrogens (tertiary/aromatic N) is 4. The summed E-state index contributed by atoms with van der Waals surface area (Å²) in [4.78, 5) is 8.78. The molecule has 0 spiro atoms. The summed E-state index contributed by atoms with van der Waals surface area (Å²) in [5.41, 5.74) is 9.78. The highest BCUT2D eigenvalue weighted by atomic mass is 32.2. The van der Waals surface area contributed by atoms with Gasteiger partial charge in [0, 0.05) is 30.5 Å². The maximum absolute atomic E-state index is 6.35. The molecule has 1 aliphatic heterocycles. The van der Waals surface area contributed by atoms with E-state index in [2.05, 4.69) is 43.2 Å². The molecule has 1 aromatic carbocycles. The molecule has 0 amide bonds. The van der Waals surface area contributed by atoms with Crippen LogP contribution in [0.4, 0.5) is 5.95 Å². The first-order valence-corrected chi connectivity index (χ1v) is 9.41. The number of aromatic nitrogens is 4. The van der Waals surface area contributed by atoms with Crippen LogP contribution in [0.2, 0.25) is 0 Å². The lowest BCUT2D eigenvalue weighted by Gasteiger charge is -2.10. The lowest BCUT2D eigenvalue weighted by Crippen LogP contribution is -2.15. The van der Waals surface area contributed by atoms with Gasteiger partial charge in [0.25, 0.3) is 0 Å². The van der Waals surface area contributed by atoms with Crippen LogP contribution in [0.5, 0.6) is 0 Å². The number of nitrogens with one attached hydrogen (secondary N) is 2. The Balaban J connectivity index is 1.43. The van der Waals surface area contributed by atoms with Crippen LogP contribution in [0.15, 0.2) is 71.5 Å². The Kier molecular flexibility index (Phi) is 5.06. The lowest BCUT2D eigenvalue weighted by atomic mass is 10.2. The normalized spacial score (nSPS) is 15.2. The van der Waals surface area contributed by atoms with Crippen LogP contribution in [-0.2, 0) is 6.54 Å². The van der Waals surface area contributed by atoms with Gasteiger partial charge in [0.05, 0.1) is 23.6 Å². The molecule has 0 unspecified atom stereocenters. The van der Waals surface area contributed by atoms with E-state index in [1.54, 1.807) is 24.2 Å². The van der Waals surface area contributed by atoms with Gasteiger partial charge in [-0.05, 0) is 17.7 Å². The molecule has 0 fully saturated rings. The van der Waals surface area contributed by atoms with Crippen LogP contribution in [-0.4, -0.2) is 26.3 Å². The second kappa shape index (κ2) is 7.96. The number of hydrogen-bond donors (Lipinski definition) is 3. The Morgan fingerprint density at radius 3 is 2.85 bits per heavy atom. The fourth-order valence-electron chi connectivity index (χ4n) is 2.61. The van der Waals surface area contributed by atoms with E-state index in [1.165, 1.54) is 0 Å². The number of hydrogen-bond acceptors (Lipinski definition) is 7. The van der Waals surface area contributed by atoms with Crippen molar-refractivity contribution in [2.75, 3.05) is 11.9 Å². The molecule has 0 saturated heterocycles. The molecule has 0 atom stereocenters. The lowest BCUT2D eigenvalue weighted by molar-refractivity contribution is 0.636. The number of thioether (sulfide) groups is 1. The molecular weight excluding hydrogens is 358 g/mol. The summed E-state index contributed by atoms with van der Waals surface area (Å²) in [5.74, 6) is 0.544. The molecule has 4 rings (SSSR count). The monoisotopic (exact) mass is 377 g/mol. The zero-order valence-electron chi connectivity index (χ0n) is 14.5. The van der Waals surface area contributed by atoms with Gasteiger partial charge in [0.15, 0.2) is 0 Å². The summed E-state index contributed by atoms with van der Waals surface area (Å²) < 4.78 is 1.85. The predicted octanol–water partition coefficient (Wildman–Crippen LogP) is 2.71. The molecule has 4 N–H and O–H groups in total. The molecule has 0 aliphatic carbocycles. The first kappa shape index (κ1) is 17.2. The first-order chi connectivity index (χ1) is 13.3. The van der Waals surface area contributed by atoms with Crippen molar-refractivity contribution in [3.8, 4) is 0 Å². The summed E-state index contributed by atoms with van der Waals surface area (Å²) in [6.45, 7) is 1.41. The molecule has 0 radical (unpaired) electrons. The molecule has 7 nitrogen and oxygen atoms in total. The number of anilines is 1. The van der Waals surface area contributed by atoms with Crippen LogP contribution < -0.4 is 16.4 Å². The van der Waals surface area contributed by atoms with Gasteiger partial charge in [0.2, 0.25) is 5.95 Å². The van der Waals surface area contributed by atoms with E-state index in [-0.39, 0.29) is 0 Å². The zero-order chi connectivity index (χ0) is 18.5. The number of benzene rings is 1. The van der Waals surface area contributed by atoms with Crippen LogP contribution in [0, 0.1) is 0 Å². The van der Waals surface area contributed by atoms with Gasteiger partial charge in [-0.3, -0.25) is 4.68 Å². The Labute approximate surface area is 161 Å². The van der Waals surface area contributed by atoms with E-state index in [0.29, 0.717) is 23.9 Å². The highest BCUT2D eigenvalue weighted by Crippen LogP contribution is 2.32. The Bertz CT molecular complexity index is 965. The van der Waals surface area contributed by atoms with Crippen molar-refractivity contribution < 1.29 is 0 Å².